The number of anilines is 1. The zero-order chi connectivity index (χ0) is 26.9. The normalized spacial score (nSPS) is 13.2. The van der Waals surface area contributed by atoms with E-state index >= 15 is 0 Å². The minimum Gasteiger partial charge on any atom is -0.380 e. The third kappa shape index (κ3) is 13.5. The van der Waals surface area contributed by atoms with Gasteiger partial charge in [0.2, 0.25) is 0 Å². The average Bonchev–Trinajstić information content (AvgIpc) is 2.83. The summed E-state index contributed by atoms with van der Waals surface area (Å²) in [7, 11) is 0. The SMILES string of the molecule is CCCCCCSCCCCCCCCCCC[C@](C)(O)C(=O)Nc1ccc(C#N)c(C(F)(F)F)c1. The molecule has 1 rings (SSSR count). The molecule has 0 spiro atoms. The number of nitrogens with zero attached hydrogens (tertiary/aromatic N) is 1. The zero-order valence-electron chi connectivity index (χ0n) is 21.9. The molecule has 1 amide bonds. The molecule has 0 heterocycles. The van der Waals surface area contributed by atoms with E-state index in [2.05, 4.69) is 24.0 Å². The maximum atomic E-state index is 13.1. The highest BCUT2D eigenvalue weighted by Gasteiger charge is 2.35. The molecule has 0 bridgehead atoms. The molecule has 36 heavy (non-hydrogen) atoms. The first-order valence-electron chi connectivity index (χ1n) is 13.3. The molecule has 0 saturated heterocycles. The van der Waals surface area contributed by atoms with Crippen LogP contribution in [0, 0.1) is 11.3 Å². The van der Waals surface area contributed by atoms with Crippen molar-refractivity contribution >= 4 is 23.4 Å². The second-order valence-corrected chi connectivity index (χ2v) is 10.9. The number of thioether (sulfide) groups is 1. The molecule has 0 aromatic heterocycles. The first-order valence-corrected chi connectivity index (χ1v) is 14.5. The Bertz CT molecular complexity index is 807. The van der Waals surface area contributed by atoms with Gasteiger partial charge in [-0.05, 0) is 55.9 Å². The largest absolute Gasteiger partial charge is 0.417 e. The molecule has 0 unspecified atom stereocenters. The number of rotatable bonds is 19. The van der Waals surface area contributed by atoms with Gasteiger partial charge in [-0.25, -0.2) is 0 Å². The van der Waals surface area contributed by atoms with Gasteiger partial charge in [-0.1, -0.05) is 77.6 Å². The highest BCUT2D eigenvalue weighted by Crippen LogP contribution is 2.33. The molecule has 204 valence electrons. The van der Waals surface area contributed by atoms with Gasteiger partial charge in [0.1, 0.15) is 5.60 Å². The molecule has 0 radical (unpaired) electrons. The van der Waals surface area contributed by atoms with Gasteiger partial charge in [0.05, 0.1) is 17.2 Å². The molecule has 0 aliphatic heterocycles. The molecule has 1 aromatic rings. The predicted molar refractivity (Wildman–Crippen MR) is 143 cm³/mol. The molecular weight excluding hydrogens is 485 g/mol. The summed E-state index contributed by atoms with van der Waals surface area (Å²) in [5, 5.41) is 21.7. The molecule has 8 heteroatoms. The van der Waals surface area contributed by atoms with E-state index in [1.54, 1.807) is 0 Å². The number of hydrogen-bond donors (Lipinski definition) is 2. The number of carbonyl (C=O) groups excluding carboxylic acids is 1. The Balaban J connectivity index is 2.16. The van der Waals surface area contributed by atoms with Crippen LogP contribution in [0.1, 0.15) is 115 Å². The Morgan fingerprint density at radius 2 is 1.47 bits per heavy atom. The van der Waals surface area contributed by atoms with E-state index in [1.165, 1.54) is 88.4 Å². The minimum absolute atomic E-state index is 0.0998. The van der Waals surface area contributed by atoms with Crippen molar-refractivity contribution in [2.45, 2.75) is 116 Å². The Kier molecular flexibility index (Phi) is 15.9. The quantitative estimate of drug-likeness (QED) is 0.177. The fraction of sp³-hybridized carbons (Fsp3) is 0.714. The molecule has 0 aliphatic rings. The van der Waals surface area contributed by atoms with Crippen molar-refractivity contribution < 1.29 is 23.1 Å². The van der Waals surface area contributed by atoms with Crippen molar-refractivity contribution in [3.8, 4) is 6.07 Å². The lowest BCUT2D eigenvalue weighted by molar-refractivity contribution is -0.138. The highest BCUT2D eigenvalue weighted by molar-refractivity contribution is 7.99. The summed E-state index contributed by atoms with van der Waals surface area (Å²) in [5.74, 6) is 1.82. The van der Waals surface area contributed by atoms with Crippen molar-refractivity contribution in [3.05, 3.63) is 29.3 Å². The van der Waals surface area contributed by atoms with Crippen LogP contribution in [0.15, 0.2) is 18.2 Å². The lowest BCUT2D eigenvalue weighted by Crippen LogP contribution is -2.40. The molecule has 1 aromatic carbocycles. The van der Waals surface area contributed by atoms with E-state index < -0.39 is 28.8 Å². The zero-order valence-corrected chi connectivity index (χ0v) is 22.7. The molecule has 0 aliphatic carbocycles. The van der Waals surface area contributed by atoms with Crippen LogP contribution in [0.3, 0.4) is 0 Å². The Morgan fingerprint density at radius 3 is 2.00 bits per heavy atom. The van der Waals surface area contributed by atoms with Crippen LogP contribution in [0.2, 0.25) is 0 Å². The number of aliphatic hydroxyl groups is 1. The lowest BCUT2D eigenvalue weighted by Gasteiger charge is -2.22. The summed E-state index contributed by atoms with van der Waals surface area (Å²) in [6, 6.07) is 4.47. The van der Waals surface area contributed by atoms with E-state index in [4.69, 9.17) is 5.26 Å². The lowest BCUT2D eigenvalue weighted by atomic mass is 9.96. The van der Waals surface area contributed by atoms with Gasteiger partial charge >= 0.3 is 6.18 Å². The second-order valence-electron chi connectivity index (χ2n) is 9.70. The maximum absolute atomic E-state index is 13.1. The van der Waals surface area contributed by atoms with Crippen LogP contribution in [-0.4, -0.2) is 28.1 Å². The molecular formula is C28H43F3N2O2S. The number of nitriles is 1. The fourth-order valence-electron chi connectivity index (χ4n) is 3.98. The van der Waals surface area contributed by atoms with Gasteiger partial charge in [-0.15, -0.1) is 0 Å². The van der Waals surface area contributed by atoms with Gasteiger partial charge in [0.15, 0.2) is 0 Å². The van der Waals surface area contributed by atoms with E-state index in [-0.39, 0.29) is 12.1 Å². The summed E-state index contributed by atoms with van der Waals surface area (Å²) in [6.07, 6.45) is 10.9. The van der Waals surface area contributed by atoms with Gasteiger partial charge in [0.25, 0.3) is 5.91 Å². The topological polar surface area (TPSA) is 73.1 Å². The second kappa shape index (κ2) is 17.7. The van der Waals surface area contributed by atoms with Crippen molar-refractivity contribution in [1.82, 2.24) is 0 Å². The standard InChI is InChI=1S/C28H43F3N2O2S/c1-3-4-5-14-19-36-20-15-12-10-8-6-7-9-11-13-18-27(2,35)26(34)33-24-17-16-23(22-32)25(21-24)28(29,30)31/h16-17,21,35H,3-15,18-20H2,1-2H3,(H,33,34)/t27-/m0/s1. The van der Waals surface area contributed by atoms with Crippen LogP contribution in [0.25, 0.3) is 0 Å². The van der Waals surface area contributed by atoms with Crippen molar-refractivity contribution in [2.75, 3.05) is 16.8 Å². The average molecular weight is 529 g/mol. The van der Waals surface area contributed by atoms with Crippen LogP contribution < -0.4 is 5.32 Å². The van der Waals surface area contributed by atoms with E-state index in [0.29, 0.717) is 6.42 Å². The van der Waals surface area contributed by atoms with Crippen LogP contribution in [-0.2, 0) is 11.0 Å². The number of amides is 1. The van der Waals surface area contributed by atoms with Gasteiger partial charge in [-0.3, -0.25) is 4.79 Å². The minimum atomic E-state index is -4.71. The van der Waals surface area contributed by atoms with Crippen LogP contribution >= 0.6 is 11.8 Å². The summed E-state index contributed by atoms with van der Waals surface area (Å²) in [5.41, 5.74) is -3.41. The summed E-state index contributed by atoms with van der Waals surface area (Å²) >= 11 is 2.08. The van der Waals surface area contributed by atoms with Crippen LogP contribution in [0.4, 0.5) is 18.9 Å². The molecule has 1 atom stereocenters. The van der Waals surface area contributed by atoms with E-state index in [0.717, 1.165) is 31.4 Å². The van der Waals surface area contributed by atoms with E-state index in [9.17, 15) is 23.1 Å². The number of alkyl halides is 3. The summed E-state index contributed by atoms with van der Waals surface area (Å²) in [6.45, 7) is 3.61. The smallest absolute Gasteiger partial charge is 0.380 e. The number of carbonyl (C=O) groups is 1. The number of benzene rings is 1. The number of halogens is 3. The predicted octanol–water partition coefficient (Wildman–Crippen LogP) is 8.48. The Labute approximate surface area is 219 Å². The summed E-state index contributed by atoms with van der Waals surface area (Å²) < 4.78 is 39.3. The van der Waals surface area contributed by atoms with Gasteiger partial charge in [0, 0.05) is 5.69 Å². The van der Waals surface area contributed by atoms with E-state index in [1.807, 2.05) is 0 Å². The van der Waals surface area contributed by atoms with Crippen molar-refractivity contribution in [2.24, 2.45) is 0 Å². The van der Waals surface area contributed by atoms with Crippen LogP contribution in [0.5, 0.6) is 0 Å². The van der Waals surface area contributed by atoms with Gasteiger partial charge < -0.3 is 10.4 Å². The fourth-order valence-corrected chi connectivity index (χ4v) is 5.00. The highest BCUT2D eigenvalue weighted by atomic mass is 32.2. The Hall–Kier alpha value is -1.72. The number of hydrogen-bond acceptors (Lipinski definition) is 4. The molecule has 2 N–H and O–H groups in total. The number of unbranched alkanes of at least 4 members (excludes halogenated alkanes) is 11. The third-order valence-corrected chi connectivity index (χ3v) is 7.44. The first-order chi connectivity index (χ1) is 17.1. The monoisotopic (exact) mass is 528 g/mol. The maximum Gasteiger partial charge on any atom is 0.417 e. The number of nitrogens with one attached hydrogen (secondary N) is 1. The Morgan fingerprint density at radius 1 is 0.944 bits per heavy atom. The first kappa shape index (κ1) is 32.3. The van der Waals surface area contributed by atoms with Crippen molar-refractivity contribution in [1.29, 1.82) is 5.26 Å². The molecule has 0 fully saturated rings. The van der Waals surface area contributed by atoms with Crippen molar-refractivity contribution in [3.63, 3.8) is 0 Å². The molecule has 4 nitrogen and oxygen atoms in total. The van der Waals surface area contributed by atoms with Gasteiger partial charge in [-0.2, -0.15) is 30.2 Å². The molecule has 0 saturated carbocycles. The summed E-state index contributed by atoms with van der Waals surface area (Å²) in [4.78, 5) is 12.4. The third-order valence-electron chi connectivity index (χ3n) is 6.29.